The second-order valence-electron chi connectivity index (χ2n) is 9.63. The zero-order valence-electron chi connectivity index (χ0n) is 21.0. The third kappa shape index (κ3) is 4.76. The molecule has 0 saturated carbocycles. The number of ether oxygens (including phenoxy) is 4. The lowest BCUT2D eigenvalue weighted by atomic mass is 10.1. The fourth-order valence-corrected chi connectivity index (χ4v) is 4.69. The van der Waals surface area contributed by atoms with Gasteiger partial charge in [0.2, 0.25) is 12.7 Å². The number of carbonyl (C=O) groups is 1. The third-order valence-corrected chi connectivity index (χ3v) is 6.66. The van der Waals surface area contributed by atoms with Crippen molar-refractivity contribution in [1.29, 1.82) is 0 Å². The number of fused-ring (bicyclic) bond motifs is 1. The van der Waals surface area contributed by atoms with Gasteiger partial charge in [-0.1, -0.05) is 24.3 Å². The first-order chi connectivity index (χ1) is 17.2. The van der Waals surface area contributed by atoms with E-state index in [1.807, 2.05) is 81.0 Å². The van der Waals surface area contributed by atoms with Gasteiger partial charge in [-0.3, -0.25) is 14.3 Å². The number of para-hydroxylation sites is 1. The molecule has 0 radical (unpaired) electrons. The Bertz CT molecular complexity index is 1330. The van der Waals surface area contributed by atoms with Crippen LogP contribution in [-0.4, -0.2) is 52.0 Å². The number of hydrogen-bond acceptors (Lipinski definition) is 6. The van der Waals surface area contributed by atoms with Crippen molar-refractivity contribution in [2.24, 2.45) is 7.05 Å². The van der Waals surface area contributed by atoms with Crippen LogP contribution < -0.4 is 15.0 Å². The molecule has 5 rings (SSSR count). The van der Waals surface area contributed by atoms with Gasteiger partial charge in [0.1, 0.15) is 6.10 Å². The SMILES string of the molecule is Cc1c(CN(CC2COC(C)(C)O2)C(=O)Cc2ccc3c(c2)OCO3)c(=O)n(-c2ccccc2)n1C. The second-order valence-corrected chi connectivity index (χ2v) is 9.63. The lowest BCUT2D eigenvalue weighted by molar-refractivity contribution is -0.146. The first kappa shape index (κ1) is 24.1. The van der Waals surface area contributed by atoms with Gasteiger partial charge in [0.25, 0.3) is 5.56 Å². The van der Waals surface area contributed by atoms with Crippen molar-refractivity contribution in [3.05, 3.63) is 75.7 Å². The highest BCUT2D eigenvalue weighted by Gasteiger charge is 2.35. The Morgan fingerprint density at radius 2 is 1.86 bits per heavy atom. The summed E-state index contributed by atoms with van der Waals surface area (Å²) in [6.07, 6.45) is -0.132. The molecule has 2 aliphatic heterocycles. The Kier molecular flexibility index (Phi) is 6.36. The molecule has 1 saturated heterocycles. The van der Waals surface area contributed by atoms with Crippen molar-refractivity contribution in [1.82, 2.24) is 14.3 Å². The molecule has 190 valence electrons. The van der Waals surface area contributed by atoms with E-state index in [9.17, 15) is 9.59 Å². The van der Waals surface area contributed by atoms with E-state index in [0.717, 1.165) is 16.9 Å². The Balaban J connectivity index is 1.43. The highest BCUT2D eigenvalue weighted by Crippen LogP contribution is 2.33. The number of rotatable bonds is 7. The van der Waals surface area contributed by atoms with Crippen molar-refractivity contribution >= 4 is 5.91 Å². The molecule has 0 N–H and O–H groups in total. The van der Waals surface area contributed by atoms with Crippen LogP contribution in [0.1, 0.15) is 30.7 Å². The molecule has 2 aliphatic rings. The topological polar surface area (TPSA) is 84.2 Å². The van der Waals surface area contributed by atoms with Crippen LogP contribution in [0.4, 0.5) is 0 Å². The minimum absolute atomic E-state index is 0.115. The molecule has 1 atom stereocenters. The summed E-state index contributed by atoms with van der Waals surface area (Å²) < 4.78 is 26.0. The van der Waals surface area contributed by atoms with Gasteiger partial charge in [-0.15, -0.1) is 0 Å². The van der Waals surface area contributed by atoms with E-state index in [1.54, 1.807) is 9.58 Å². The predicted octanol–water partition coefficient (Wildman–Crippen LogP) is 2.94. The van der Waals surface area contributed by atoms with E-state index >= 15 is 0 Å². The molecule has 0 spiro atoms. The van der Waals surface area contributed by atoms with Crippen LogP contribution >= 0.6 is 0 Å². The van der Waals surface area contributed by atoms with E-state index in [2.05, 4.69) is 0 Å². The normalized spacial score (nSPS) is 17.9. The summed E-state index contributed by atoms with van der Waals surface area (Å²) in [6.45, 7) is 6.64. The molecule has 0 bridgehead atoms. The van der Waals surface area contributed by atoms with Crippen molar-refractivity contribution < 1.29 is 23.7 Å². The molecular weight excluding hydrogens is 462 g/mol. The smallest absolute Gasteiger partial charge is 0.276 e. The average molecular weight is 494 g/mol. The van der Waals surface area contributed by atoms with E-state index < -0.39 is 5.79 Å². The minimum Gasteiger partial charge on any atom is -0.454 e. The summed E-state index contributed by atoms with van der Waals surface area (Å²) >= 11 is 0. The zero-order chi connectivity index (χ0) is 25.4. The number of hydrogen-bond donors (Lipinski definition) is 0. The summed E-state index contributed by atoms with van der Waals surface area (Å²) in [6, 6.07) is 15.0. The Morgan fingerprint density at radius 1 is 1.11 bits per heavy atom. The van der Waals surface area contributed by atoms with Crippen LogP contribution in [0.15, 0.2) is 53.3 Å². The third-order valence-electron chi connectivity index (χ3n) is 6.66. The van der Waals surface area contributed by atoms with Gasteiger partial charge in [0, 0.05) is 19.3 Å². The highest BCUT2D eigenvalue weighted by atomic mass is 16.7. The lowest BCUT2D eigenvalue weighted by Crippen LogP contribution is -2.40. The number of nitrogens with zero attached hydrogens (tertiary/aromatic N) is 3. The fourth-order valence-electron chi connectivity index (χ4n) is 4.69. The van der Waals surface area contributed by atoms with Crippen LogP contribution in [0.5, 0.6) is 11.5 Å². The lowest BCUT2D eigenvalue weighted by Gasteiger charge is -2.26. The van der Waals surface area contributed by atoms with Crippen molar-refractivity contribution in [3.8, 4) is 17.2 Å². The monoisotopic (exact) mass is 493 g/mol. The molecule has 9 heteroatoms. The van der Waals surface area contributed by atoms with Gasteiger partial charge in [0.15, 0.2) is 17.3 Å². The molecule has 36 heavy (non-hydrogen) atoms. The van der Waals surface area contributed by atoms with Crippen LogP contribution in [0.25, 0.3) is 5.69 Å². The zero-order valence-corrected chi connectivity index (χ0v) is 21.0. The minimum atomic E-state index is -0.709. The molecule has 1 unspecified atom stereocenters. The molecule has 9 nitrogen and oxygen atoms in total. The molecule has 0 aliphatic carbocycles. The van der Waals surface area contributed by atoms with Crippen molar-refractivity contribution in [2.45, 2.75) is 45.6 Å². The van der Waals surface area contributed by atoms with Crippen LogP contribution in [0.3, 0.4) is 0 Å². The van der Waals surface area contributed by atoms with E-state index in [-0.39, 0.29) is 37.3 Å². The Morgan fingerprint density at radius 3 is 2.58 bits per heavy atom. The quantitative estimate of drug-likeness (QED) is 0.503. The first-order valence-electron chi connectivity index (χ1n) is 12.0. The summed E-state index contributed by atoms with van der Waals surface area (Å²) in [5.41, 5.74) is 2.80. The number of amides is 1. The number of carbonyl (C=O) groups excluding carboxylic acids is 1. The largest absolute Gasteiger partial charge is 0.454 e. The van der Waals surface area contributed by atoms with Gasteiger partial charge >= 0.3 is 0 Å². The van der Waals surface area contributed by atoms with Crippen LogP contribution in [0, 0.1) is 6.92 Å². The highest BCUT2D eigenvalue weighted by molar-refractivity contribution is 5.79. The van der Waals surface area contributed by atoms with Gasteiger partial charge < -0.3 is 23.8 Å². The van der Waals surface area contributed by atoms with Gasteiger partial charge in [-0.25, -0.2) is 4.68 Å². The van der Waals surface area contributed by atoms with E-state index in [4.69, 9.17) is 18.9 Å². The molecule has 3 heterocycles. The summed E-state index contributed by atoms with van der Waals surface area (Å²) in [4.78, 5) is 28.8. The standard InChI is InChI=1S/C27H31N3O6/c1-18-22(26(32)30(28(18)4)20-8-6-5-7-9-20)15-29(14-21-16-35-27(2,3)36-21)25(31)13-19-10-11-23-24(12-19)34-17-33-23/h5-12,21H,13-17H2,1-4H3. The predicted molar refractivity (Wildman–Crippen MR) is 132 cm³/mol. The number of aromatic nitrogens is 2. The second kappa shape index (κ2) is 9.48. The van der Waals surface area contributed by atoms with Gasteiger partial charge in [0.05, 0.1) is 30.8 Å². The molecular formula is C27H31N3O6. The molecule has 3 aromatic rings. The molecule has 1 amide bonds. The summed E-state index contributed by atoms with van der Waals surface area (Å²) in [5.74, 6) is 0.476. The molecule has 1 aromatic heterocycles. The fraction of sp³-hybridized carbons (Fsp3) is 0.407. The molecule has 1 fully saturated rings. The van der Waals surface area contributed by atoms with Gasteiger partial charge in [-0.2, -0.15) is 0 Å². The van der Waals surface area contributed by atoms with E-state index in [1.165, 1.54) is 0 Å². The van der Waals surface area contributed by atoms with Crippen molar-refractivity contribution in [3.63, 3.8) is 0 Å². The maximum Gasteiger partial charge on any atom is 0.276 e. The Labute approximate surface area is 209 Å². The maximum absolute atomic E-state index is 13.6. The van der Waals surface area contributed by atoms with Crippen LogP contribution in [0.2, 0.25) is 0 Å². The maximum atomic E-state index is 13.6. The average Bonchev–Trinajstić information content (AvgIpc) is 3.51. The van der Waals surface area contributed by atoms with Gasteiger partial charge in [-0.05, 0) is 50.6 Å². The van der Waals surface area contributed by atoms with E-state index in [0.29, 0.717) is 30.2 Å². The summed E-state index contributed by atoms with van der Waals surface area (Å²) in [5, 5.41) is 0. The van der Waals surface area contributed by atoms with Crippen LogP contribution in [-0.2, 0) is 34.3 Å². The number of benzene rings is 2. The van der Waals surface area contributed by atoms with Crippen molar-refractivity contribution in [2.75, 3.05) is 19.9 Å². The Hall–Kier alpha value is -3.56. The summed E-state index contributed by atoms with van der Waals surface area (Å²) in [7, 11) is 1.85. The first-order valence-corrected chi connectivity index (χ1v) is 12.0. The molecule has 2 aromatic carbocycles.